The molecule has 3 N–H and O–H groups in total. The number of carbonyl (C=O) groups is 2. The van der Waals surface area contributed by atoms with Crippen LogP contribution in [-0.4, -0.2) is 57.9 Å². The summed E-state index contributed by atoms with van der Waals surface area (Å²) in [5.41, 5.74) is 1.65. The van der Waals surface area contributed by atoms with E-state index < -0.39 is 17.6 Å². The molecule has 0 saturated heterocycles. The molecule has 0 aliphatic carbocycles. The molecule has 4 rings (SSSR count). The number of para-hydroxylation sites is 1. The molecule has 0 spiro atoms. The average molecular weight is 491 g/mol. The highest BCUT2D eigenvalue weighted by atomic mass is 16.5. The monoisotopic (exact) mass is 490 g/mol. The lowest BCUT2D eigenvalue weighted by atomic mass is 9.77. The normalized spacial score (nSPS) is 18.3. The van der Waals surface area contributed by atoms with Crippen LogP contribution in [0.1, 0.15) is 36.4 Å². The van der Waals surface area contributed by atoms with Crippen LogP contribution in [0.2, 0.25) is 0 Å². The first-order valence-corrected chi connectivity index (χ1v) is 12.0. The summed E-state index contributed by atoms with van der Waals surface area (Å²) in [6.45, 7) is 3.57. The number of fused-ring (bicyclic) bond motifs is 1. The first kappa shape index (κ1) is 25.3. The van der Waals surface area contributed by atoms with E-state index in [4.69, 9.17) is 4.74 Å². The lowest BCUT2D eigenvalue weighted by Gasteiger charge is -2.39. The minimum atomic E-state index is -1.53. The van der Waals surface area contributed by atoms with Crippen molar-refractivity contribution in [3.8, 4) is 6.01 Å². The number of aliphatic hydroxyl groups excluding tert-OH is 1. The van der Waals surface area contributed by atoms with E-state index in [2.05, 4.69) is 15.3 Å². The van der Waals surface area contributed by atoms with Gasteiger partial charge in [-0.3, -0.25) is 10.1 Å². The molecule has 188 valence electrons. The van der Waals surface area contributed by atoms with E-state index in [1.54, 1.807) is 36.4 Å². The molecule has 0 bridgehead atoms. The summed E-state index contributed by atoms with van der Waals surface area (Å²) in [6.07, 6.45) is -0.252. The Labute approximate surface area is 209 Å². The number of nitrogens with zero attached hydrogens (tertiary/aromatic N) is 3. The molecule has 0 fully saturated rings. The molecule has 3 aromatic rings. The largest absolute Gasteiger partial charge is 0.478 e. The van der Waals surface area contributed by atoms with Gasteiger partial charge in [0.1, 0.15) is 5.54 Å². The van der Waals surface area contributed by atoms with Gasteiger partial charge in [-0.15, -0.1) is 0 Å². The third-order valence-corrected chi connectivity index (χ3v) is 6.37. The SMILES string of the molecule is CCc1cc(CC)nc(OC(C(=O)O)C2(c3ccccc3)NCC(=O)N(CCO)c3ccccc32)n1. The van der Waals surface area contributed by atoms with Crippen LogP contribution >= 0.6 is 0 Å². The van der Waals surface area contributed by atoms with Gasteiger partial charge in [0.25, 0.3) is 0 Å². The van der Waals surface area contributed by atoms with Gasteiger partial charge in [-0.05, 0) is 30.5 Å². The number of hydrogen-bond donors (Lipinski definition) is 3. The van der Waals surface area contributed by atoms with Gasteiger partial charge >= 0.3 is 12.0 Å². The Morgan fingerprint density at radius 2 is 1.72 bits per heavy atom. The lowest BCUT2D eigenvalue weighted by molar-refractivity contribution is -0.149. The highest BCUT2D eigenvalue weighted by molar-refractivity contribution is 5.97. The van der Waals surface area contributed by atoms with Crippen molar-refractivity contribution in [1.29, 1.82) is 0 Å². The number of β-amino-alcohol motifs (C(OH)–C–C–N with tert-alkyl or cyclic N) is 1. The third-order valence-electron chi connectivity index (χ3n) is 6.37. The zero-order valence-electron chi connectivity index (χ0n) is 20.3. The highest BCUT2D eigenvalue weighted by Gasteiger charge is 2.52. The number of ether oxygens (including phenoxy) is 1. The smallest absolute Gasteiger partial charge is 0.347 e. The van der Waals surface area contributed by atoms with Gasteiger partial charge in [0, 0.05) is 29.2 Å². The summed E-state index contributed by atoms with van der Waals surface area (Å²) in [5, 5.41) is 23.4. The summed E-state index contributed by atoms with van der Waals surface area (Å²) in [6, 6.07) is 18.0. The van der Waals surface area contributed by atoms with Crippen LogP contribution in [0.5, 0.6) is 6.01 Å². The van der Waals surface area contributed by atoms with E-state index in [1.165, 1.54) is 4.90 Å². The first-order valence-electron chi connectivity index (χ1n) is 12.0. The minimum absolute atomic E-state index is 0.0315. The Balaban J connectivity index is 1.97. The molecule has 1 aromatic heterocycles. The summed E-state index contributed by atoms with van der Waals surface area (Å²) in [7, 11) is 0. The van der Waals surface area contributed by atoms with E-state index >= 15 is 0 Å². The number of hydrogen-bond acceptors (Lipinski definition) is 7. The fourth-order valence-electron chi connectivity index (χ4n) is 4.64. The van der Waals surface area contributed by atoms with Crippen molar-refractivity contribution in [3.05, 3.63) is 83.2 Å². The second kappa shape index (κ2) is 10.8. The molecule has 1 amide bonds. The summed E-state index contributed by atoms with van der Waals surface area (Å²) < 4.78 is 6.14. The Kier molecular flexibility index (Phi) is 7.61. The van der Waals surface area contributed by atoms with Crippen molar-refractivity contribution in [2.75, 3.05) is 24.6 Å². The highest BCUT2D eigenvalue weighted by Crippen LogP contribution is 2.42. The van der Waals surface area contributed by atoms with E-state index in [-0.39, 0.29) is 31.6 Å². The number of nitrogens with one attached hydrogen (secondary N) is 1. The fourth-order valence-corrected chi connectivity index (χ4v) is 4.64. The molecular weight excluding hydrogens is 460 g/mol. The van der Waals surface area contributed by atoms with Crippen molar-refractivity contribution >= 4 is 17.6 Å². The number of rotatable bonds is 9. The van der Waals surface area contributed by atoms with Crippen molar-refractivity contribution in [2.45, 2.75) is 38.3 Å². The summed E-state index contributed by atoms with van der Waals surface area (Å²) in [5.74, 6) is -1.54. The quantitative estimate of drug-likeness (QED) is 0.417. The van der Waals surface area contributed by atoms with Crippen molar-refractivity contribution in [1.82, 2.24) is 15.3 Å². The van der Waals surface area contributed by atoms with E-state index in [9.17, 15) is 19.8 Å². The molecule has 2 heterocycles. The number of aryl methyl sites for hydroxylation is 2. The molecule has 2 atom stereocenters. The van der Waals surface area contributed by atoms with Crippen LogP contribution in [0.3, 0.4) is 0 Å². The van der Waals surface area contributed by atoms with Gasteiger partial charge in [0.2, 0.25) is 12.0 Å². The Morgan fingerprint density at radius 1 is 1.08 bits per heavy atom. The van der Waals surface area contributed by atoms with Crippen LogP contribution in [0, 0.1) is 0 Å². The summed E-state index contributed by atoms with van der Waals surface area (Å²) >= 11 is 0. The number of carbonyl (C=O) groups excluding carboxylic acids is 1. The van der Waals surface area contributed by atoms with E-state index in [0.717, 1.165) is 11.4 Å². The Morgan fingerprint density at radius 3 is 2.33 bits per heavy atom. The average Bonchev–Trinajstić information content (AvgIpc) is 3.03. The maximum Gasteiger partial charge on any atom is 0.347 e. The van der Waals surface area contributed by atoms with Crippen LogP contribution in [0.25, 0.3) is 0 Å². The summed E-state index contributed by atoms with van der Waals surface area (Å²) in [4.78, 5) is 36.4. The molecule has 0 radical (unpaired) electrons. The standard InChI is InChI=1S/C27H30N4O5/c1-3-19-16-20(4-2)30-26(29-19)36-24(25(34)35)27(18-10-6-5-7-11-18)21-12-8-9-13-22(21)31(14-15-32)23(33)17-28-27/h5-13,16,24,28,32H,3-4,14-15,17H2,1-2H3,(H,34,35). The number of benzene rings is 2. The van der Waals surface area contributed by atoms with Gasteiger partial charge in [-0.2, -0.15) is 0 Å². The topological polar surface area (TPSA) is 125 Å². The van der Waals surface area contributed by atoms with Crippen molar-refractivity contribution in [2.24, 2.45) is 0 Å². The molecule has 9 nitrogen and oxygen atoms in total. The number of aromatic nitrogens is 2. The number of aliphatic carboxylic acids is 1. The molecule has 2 unspecified atom stereocenters. The van der Waals surface area contributed by atoms with Gasteiger partial charge in [0.15, 0.2) is 0 Å². The molecule has 36 heavy (non-hydrogen) atoms. The predicted molar refractivity (Wildman–Crippen MR) is 134 cm³/mol. The van der Waals surface area contributed by atoms with Crippen molar-refractivity contribution in [3.63, 3.8) is 0 Å². The second-order valence-electron chi connectivity index (χ2n) is 8.49. The number of carboxylic acids is 1. The zero-order valence-corrected chi connectivity index (χ0v) is 20.3. The van der Waals surface area contributed by atoms with Gasteiger partial charge in [-0.1, -0.05) is 62.4 Å². The molecule has 2 aromatic carbocycles. The van der Waals surface area contributed by atoms with E-state index in [1.807, 2.05) is 38.1 Å². The molecule has 0 saturated carbocycles. The van der Waals surface area contributed by atoms with Gasteiger partial charge in [-0.25, -0.2) is 14.8 Å². The molecular formula is C27H30N4O5. The van der Waals surface area contributed by atoms with E-state index in [0.29, 0.717) is 29.7 Å². The Hall–Kier alpha value is -3.82. The molecule has 9 heteroatoms. The number of aliphatic hydroxyl groups is 1. The van der Waals surface area contributed by atoms with Crippen molar-refractivity contribution < 1.29 is 24.5 Å². The number of anilines is 1. The van der Waals surface area contributed by atoms with Crippen LogP contribution < -0.4 is 15.0 Å². The fraction of sp³-hybridized carbons (Fsp3) is 0.333. The third kappa shape index (κ3) is 4.67. The predicted octanol–water partition coefficient (Wildman–Crippen LogP) is 2.31. The molecule has 1 aliphatic heterocycles. The lowest BCUT2D eigenvalue weighted by Crippen LogP contribution is -2.58. The number of amides is 1. The maximum absolute atomic E-state index is 13.1. The van der Waals surface area contributed by atoms with Gasteiger partial charge < -0.3 is 19.8 Å². The van der Waals surface area contributed by atoms with Crippen LogP contribution in [-0.2, 0) is 28.0 Å². The van der Waals surface area contributed by atoms with Crippen LogP contribution in [0.4, 0.5) is 5.69 Å². The van der Waals surface area contributed by atoms with Crippen LogP contribution in [0.15, 0.2) is 60.7 Å². The second-order valence-corrected chi connectivity index (χ2v) is 8.49. The maximum atomic E-state index is 13.1. The zero-order chi connectivity index (χ0) is 25.7. The molecule has 1 aliphatic rings. The minimum Gasteiger partial charge on any atom is -0.478 e. The first-order chi connectivity index (χ1) is 17.4. The number of carboxylic acid groups (broad SMARTS) is 1. The van der Waals surface area contributed by atoms with Gasteiger partial charge in [0.05, 0.1) is 13.2 Å². The Bertz CT molecular complexity index is 1210.